The van der Waals surface area contributed by atoms with Gasteiger partial charge in [0.15, 0.2) is 6.10 Å². The van der Waals surface area contributed by atoms with Crippen LogP contribution in [0.3, 0.4) is 0 Å². The van der Waals surface area contributed by atoms with Gasteiger partial charge in [-0.3, -0.25) is 9.88 Å². The summed E-state index contributed by atoms with van der Waals surface area (Å²) in [5, 5.41) is 11.7. The first-order valence-electron chi connectivity index (χ1n) is 10.1. The number of aromatic nitrogens is 2. The minimum atomic E-state index is -3.75. The molecular formula is C20H29F2N3O8. The summed E-state index contributed by atoms with van der Waals surface area (Å²) in [4.78, 5) is 39.6. The number of alkyl halides is 2. The van der Waals surface area contributed by atoms with E-state index in [1.165, 1.54) is 26.8 Å². The average molecular weight is 477 g/mol. The van der Waals surface area contributed by atoms with Crippen LogP contribution < -0.4 is 11.0 Å². The van der Waals surface area contributed by atoms with Gasteiger partial charge in [-0.1, -0.05) is 0 Å². The second-order valence-corrected chi connectivity index (χ2v) is 9.40. The minimum absolute atomic E-state index is 0.135. The maximum absolute atomic E-state index is 15.0. The third-order valence-electron chi connectivity index (χ3n) is 4.14. The lowest BCUT2D eigenvalue weighted by molar-refractivity contribution is -0.132. The largest absolute Gasteiger partial charge is 0.509 e. The first-order valence-corrected chi connectivity index (χ1v) is 10.1. The highest BCUT2D eigenvalue weighted by molar-refractivity contribution is 5.83. The van der Waals surface area contributed by atoms with E-state index < -0.39 is 66.5 Å². The van der Waals surface area contributed by atoms with E-state index in [-0.39, 0.29) is 5.82 Å². The second kappa shape index (κ2) is 9.59. The molecule has 11 nitrogen and oxygen atoms in total. The quantitative estimate of drug-likeness (QED) is 0.612. The zero-order chi connectivity index (χ0) is 25.2. The molecular weight excluding hydrogens is 448 g/mol. The van der Waals surface area contributed by atoms with Crippen molar-refractivity contribution >= 4 is 18.1 Å². The molecule has 1 aromatic rings. The molecule has 13 heteroatoms. The number of amides is 1. The Bertz CT molecular complexity index is 923. The van der Waals surface area contributed by atoms with Gasteiger partial charge >= 0.3 is 23.9 Å². The van der Waals surface area contributed by atoms with Crippen molar-refractivity contribution in [1.29, 1.82) is 0 Å². The molecule has 0 bridgehead atoms. The van der Waals surface area contributed by atoms with E-state index >= 15 is 0 Å². The molecule has 1 amide bonds. The van der Waals surface area contributed by atoms with Gasteiger partial charge in [0.25, 0.3) is 0 Å². The lowest BCUT2D eigenvalue weighted by atomic mass is 10.1. The monoisotopic (exact) mass is 477 g/mol. The Morgan fingerprint density at radius 1 is 1.21 bits per heavy atom. The van der Waals surface area contributed by atoms with Crippen LogP contribution >= 0.6 is 0 Å². The fourth-order valence-corrected chi connectivity index (χ4v) is 2.86. The third-order valence-corrected chi connectivity index (χ3v) is 4.14. The van der Waals surface area contributed by atoms with Gasteiger partial charge in [-0.25, -0.2) is 14.4 Å². The van der Waals surface area contributed by atoms with Gasteiger partial charge in [0.05, 0.1) is 13.2 Å². The van der Waals surface area contributed by atoms with Gasteiger partial charge < -0.3 is 24.1 Å². The molecule has 0 saturated carbocycles. The summed E-state index contributed by atoms with van der Waals surface area (Å²) >= 11 is 0. The molecule has 2 heterocycles. The molecule has 1 fully saturated rings. The lowest BCUT2D eigenvalue weighted by Gasteiger charge is -2.25. The maximum atomic E-state index is 15.0. The molecule has 33 heavy (non-hydrogen) atoms. The number of aliphatic hydroxyl groups is 1. The Morgan fingerprint density at radius 3 is 2.33 bits per heavy atom. The Balaban J connectivity index is 2.12. The van der Waals surface area contributed by atoms with Gasteiger partial charge in [-0.2, -0.15) is 13.8 Å². The van der Waals surface area contributed by atoms with Crippen LogP contribution in [0.25, 0.3) is 0 Å². The molecule has 0 aromatic carbocycles. The van der Waals surface area contributed by atoms with Crippen LogP contribution in [0.4, 0.5) is 24.2 Å². The second-order valence-electron chi connectivity index (χ2n) is 9.40. The molecule has 3 atom stereocenters. The van der Waals surface area contributed by atoms with Crippen LogP contribution in [0.5, 0.6) is 0 Å². The number of carbonyl (C=O) groups excluding carboxylic acids is 2. The fraction of sp³-hybridized carbons (Fsp3) is 0.700. The van der Waals surface area contributed by atoms with Crippen LogP contribution in [0, 0.1) is 0 Å². The molecule has 186 valence electrons. The normalized spacial score (nSPS) is 22.5. The number of hydrogen-bond donors (Lipinski definition) is 2. The number of nitrogens with zero attached hydrogens (tertiary/aromatic N) is 2. The van der Waals surface area contributed by atoms with Crippen LogP contribution in [-0.4, -0.2) is 68.9 Å². The summed E-state index contributed by atoms with van der Waals surface area (Å²) in [6, 6.07) is 1.22. The summed E-state index contributed by atoms with van der Waals surface area (Å²) in [6.45, 7) is 8.04. The SMILES string of the molecule is CC(C)(C)OC(=O)Nc1ccn(CC2OC(CO)C(OC(=O)OC(C)(C)C)C2(F)F)c(=O)n1. The van der Waals surface area contributed by atoms with E-state index in [1.807, 2.05) is 0 Å². The molecule has 2 N–H and O–H groups in total. The summed E-state index contributed by atoms with van der Waals surface area (Å²) in [6.07, 6.45) is -6.62. The predicted molar refractivity (Wildman–Crippen MR) is 110 cm³/mol. The number of nitrogens with one attached hydrogen (secondary N) is 1. The molecule has 0 spiro atoms. The number of anilines is 1. The third kappa shape index (κ3) is 7.35. The smallest absolute Gasteiger partial charge is 0.444 e. The van der Waals surface area contributed by atoms with E-state index in [9.17, 15) is 28.3 Å². The maximum Gasteiger partial charge on any atom is 0.509 e. The van der Waals surface area contributed by atoms with E-state index in [4.69, 9.17) is 18.9 Å². The molecule has 0 aliphatic carbocycles. The topological polar surface area (TPSA) is 138 Å². The van der Waals surface area contributed by atoms with Crippen LogP contribution in [-0.2, 0) is 25.5 Å². The number of rotatable bonds is 5. The number of hydrogen-bond acceptors (Lipinski definition) is 9. The van der Waals surface area contributed by atoms with Crippen LogP contribution in [0.2, 0.25) is 0 Å². The summed E-state index contributed by atoms with van der Waals surface area (Å²) in [7, 11) is 0. The van der Waals surface area contributed by atoms with Crippen molar-refractivity contribution in [2.75, 3.05) is 11.9 Å². The number of ether oxygens (including phenoxy) is 4. The van der Waals surface area contributed by atoms with E-state index in [0.29, 0.717) is 0 Å². The van der Waals surface area contributed by atoms with Gasteiger partial charge in [-0.15, -0.1) is 0 Å². The van der Waals surface area contributed by atoms with Crippen molar-refractivity contribution in [1.82, 2.24) is 9.55 Å². The van der Waals surface area contributed by atoms with Crippen LogP contribution in [0.1, 0.15) is 41.5 Å². The molecule has 1 aromatic heterocycles. The molecule has 1 aliphatic heterocycles. The first kappa shape index (κ1) is 26.5. The first-order chi connectivity index (χ1) is 15.0. The van der Waals surface area contributed by atoms with E-state index in [1.54, 1.807) is 20.8 Å². The van der Waals surface area contributed by atoms with Crippen molar-refractivity contribution in [2.45, 2.75) is 83.5 Å². The summed E-state index contributed by atoms with van der Waals surface area (Å²) in [5.41, 5.74) is -2.69. The van der Waals surface area contributed by atoms with Crippen molar-refractivity contribution in [3.63, 3.8) is 0 Å². The predicted octanol–water partition coefficient (Wildman–Crippen LogP) is 2.31. The van der Waals surface area contributed by atoms with E-state index in [2.05, 4.69) is 10.3 Å². The fourth-order valence-electron chi connectivity index (χ4n) is 2.86. The standard InChI is InChI=1S/C20H29F2N3O8/c1-18(2,3)32-16(28)24-13-7-8-25(15(27)23-13)9-12-20(21,22)14(11(10-26)30-12)31-17(29)33-19(4,5)6/h7-8,11-12,14,26H,9-10H2,1-6H3,(H,23,24,27,28). The zero-order valence-electron chi connectivity index (χ0n) is 19.3. The Labute approximate surface area is 189 Å². The van der Waals surface area contributed by atoms with Crippen LogP contribution in [0.15, 0.2) is 17.1 Å². The van der Waals surface area contributed by atoms with Crippen molar-refractivity contribution in [3.05, 3.63) is 22.7 Å². The van der Waals surface area contributed by atoms with Crippen molar-refractivity contribution in [3.8, 4) is 0 Å². The number of aliphatic hydroxyl groups excluding tert-OH is 1. The van der Waals surface area contributed by atoms with Gasteiger partial charge in [0.1, 0.15) is 29.2 Å². The highest BCUT2D eigenvalue weighted by Crippen LogP contribution is 2.39. The zero-order valence-corrected chi connectivity index (χ0v) is 19.3. The molecule has 3 unspecified atom stereocenters. The Hall–Kier alpha value is -2.80. The Kier molecular flexibility index (Phi) is 7.69. The molecule has 0 radical (unpaired) electrons. The summed E-state index contributed by atoms with van der Waals surface area (Å²) in [5.74, 6) is -3.89. The average Bonchev–Trinajstić information content (AvgIpc) is 2.84. The highest BCUT2D eigenvalue weighted by Gasteiger charge is 2.61. The van der Waals surface area contributed by atoms with Gasteiger partial charge in [0, 0.05) is 6.20 Å². The number of halogens is 2. The van der Waals surface area contributed by atoms with Crippen molar-refractivity contribution < 1.29 is 42.4 Å². The highest BCUT2D eigenvalue weighted by atomic mass is 19.3. The van der Waals surface area contributed by atoms with Gasteiger partial charge in [0.2, 0.25) is 0 Å². The van der Waals surface area contributed by atoms with E-state index in [0.717, 1.165) is 10.8 Å². The molecule has 1 aliphatic rings. The van der Waals surface area contributed by atoms with Gasteiger partial charge in [-0.05, 0) is 47.6 Å². The minimum Gasteiger partial charge on any atom is -0.444 e. The summed E-state index contributed by atoms with van der Waals surface area (Å²) < 4.78 is 50.6. The Morgan fingerprint density at radius 2 is 1.82 bits per heavy atom. The molecule has 2 rings (SSSR count). The van der Waals surface area contributed by atoms with Crippen molar-refractivity contribution in [2.24, 2.45) is 0 Å². The lowest BCUT2D eigenvalue weighted by Crippen LogP contribution is -2.46. The molecule has 1 saturated heterocycles. The number of carbonyl (C=O) groups is 2.